The molecule has 0 unspecified atom stereocenters. The Hall–Kier alpha value is -1.73. The van der Waals surface area contributed by atoms with Gasteiger partial charge in [0, 0.05) is 18.5 Å². The van der Waals surface area contributed by atoms with E-state index in [-0.39, 0.29) is 17.4 Å². The number of hydrogen-bond acceptors (Lipinski definition) is 4. The van der Waals surface area contributed by atoms with Crippen LogP contribution < -0.4 is 5.56 Å². The van der Waals surface area contributed by atoms with Crippen LogP contribution in [0.1, 0.15) is 5.56 Å². The van der Waals surface area contributed by atoms with Gasteiger partial charge in [0.2, 0.25) is 0 Å². The van der Waals surface area contributed by atoms with E-state index in [1.807, 2.05) is 0 Å². The first-order chi connectivity index (χ1) is 9.00. The van der Waals surface area contributed by atoms with Crippen molar-refractivity contribution in [3.05, 3.63) is 66.3 Å². The summed E-state index contributed by atoms with van der Waals surface area (Å²) >= 11 is 8.81. The van der Waals surface area contributed by atoms with Crippen LogP contribution in [0.25, 0.3) is 0 Å². The lowest BCUT2D eigenvalue weighted by Gasteiger charge is -2.07. The fraction of sp³-hybridized carbons (Fsp3) is 0.0909. The SMILES string of the molecule is O=c1c(Cl)nccn1Cc1cccc([N+](=O)[O-])c1Br. The standard InChI is InChI=1S/C11H7BrClN3O3/c12-9-7(2-1-3-8(9)16(18)19)6-15-5-4-14-10(13)11(15)17/h1-5H,6H2. The zero-order chi connectivity index (χ0) is 14.0. The summed E-state index contributed by atoms with van der Waals surface area (Å²) in [4.78, 5) is 25.7. The molecule has 0 spiro atoms. The van der Waals surface area contributed by atoms with E-state index >= 15 is 0 Å². The molecule has 0 atom stereocenters. The second-order valence-electron chi connectivity index (χ2n) is 3.66. The van der Waals surface area contributed by atoms with Crippen LogP contribution in [-0.2, 0) is 6.54 Å². The number of aromatic nitrogens is 2. The molecule has 0 radical (unpaired) electrons. The highest BCUT2D eigenvalue weighted by molar-refractivity contribution is 9.10. The minimum atomic E-state index is -0.490. The maximum atomic E-state index is 11.7. The first-order valence-electron chi connectivity index (χ1n) is 5.13. The smallest absolute Gasteiger partial charge is 0.288 e. The molecule has 19 heavy (non-hydrogen) atoms. The molecular weight excluding hydrogens is 337 g/mol. The van der Waals surface area contributed by atoms with Gasteiger partial charge in [0.15, 0.2) is 5.15 Å². The highest BCUT2D eigenvalue weighted by atomic mass is 79.9. The van der Waals surface area contributed by atoms with Crippen molar-refractivity contribution in [2.45, 2.75) is 6.54 Å². The summed E-state index contributed by atoms with van der Waals surface area (Å²) in [6.45, 7) is 0.170. The highest BCUT2D eigenvalue weighted by Gasteiger charge is 2.15. The van der Waals surface area contributed by atoms with Gasteiger partial charge in [-0.25, -0.2) is 4.98 Å². The third-order valence-corrected chi connectivity index (χ3v) is 3.64. The van der Waals surface area contributed by atoms with E-state index in [1.165, 1.54) is 23.0 Å². The lowest BCUT2D eigenvalue weighted by atomic mass is 10.2. The van der Waals surface area contributed by atoms with E-state index in [2.05, 4.69) is 20.9 Å². The van der Waals surface area contributed by atoms with Gasteiger partial charge in [-0.05, 0) is 21.5 Å². The monoisotopic (exact) mass is 343 g/mol. The maximum absolute atomic E-state index is 11.7. The van der Waals surface area contributed by atoms with Crippen molar-refractivity contribution < 1.29 is 4.92 Å². The molecule has 2 rings (SSSR count). The zero-order valence-electron chi connectivity index (χ0n) is 9.42. The normalized spacial score (nSPS) is 10.4. The van der Waals surface area contributed by atoms with Crippen LogP contribution >= 0.6 is 27.5 Å². The fourth-order valence-electron chi connectivity index (χ4n) is 1.56. The van der Waals surface area contributed by atoms with E-state index in [9.17, 15) is 14.9 Å². The number of nitrogens with zero attached hydrogens (tertiary/aromatic N) is 3. The molecule has 1 aromatic heterocycles. The van der Waals surface area contributed by atoms with E-state index in [4.69, 9.17) is 11.6 Å². The van der Waals surface area contributed by atoms with Gasteiger partial charge in [-0.1, -0.05) is 23.7 Å². The second kappa shape index (κ2) is 5.50. The average Bonchev–Trinajstić information content (AvgIpc) is 2.37. The molecule has 98 valence electrons. The van der Waals surface area contributed by atoms with Crippen LogP contribution in [-0.4, -0.2) is 14.5 Å². The summed E-state index contributed by atoms with van der Waals surface area (Å²) in [5, 5.41) is 10.7. The van der Waals surface area contributed by atoms with E-state index in [1.54, 1.807) is 12.1 Å². The Morgan fingerprint density at radius 2 is 2.21 bits per heavy atom. The van der Waals surface area contributed by atoms with Gasteiger partial charge in [0.1, 0.15) is 4.47 Å². The Morgan fingerprint density at radius 3 is 2.89 bits per heavy atom. The third-order valence-electron chi connectivity index (χ3n) is 2.47. The van der Waals surface area contributed by atoms with Crippen LogP contribution in [0.15, 0.2) is 39.9 Å². The van der Waals surface area contributed by atoms with E-state index < -0.39 is 10.5 Å². The minimum Gasteiger partial charge on any atom is -0.307 e. The topological polar surface area (TPSA) is 78.0 Å². The van der Waals surface area contributed by atoms with Gasteiger partial charge in [-0.15, -0.1) is 0 Å². The summed E-state index contributed by atoms with van der Waals surface area (Å²) in [5.41, 5.74) is 0.117. The summed E-state index contributed by atoms with van der Waals surface area (Å²) in [6.07, 6.45) is 2.87. The van der Waals surface area contributed by atoms with E-state index in [0.29, 0.717) is 10.0 Å². The third kappa shape index (κ3) is 2.82. The fourth-order valence-corrected chi connectivity index (χ4v) is 2.26. The molecule has 0 N–H and O–H groups in total. The largest absolute Gasteiger partial charge is 0.307 e. The van der Waals surface area contributed by atoms with Crippen molar-refractivity contribution in [2.75, 3.05) is 0 Å². The van der Waals surface area contributed by atoms with Crippen molar-refractivity contribution >= 4 is 33.2 Å². The van der Waals surface area contributed by atoms with Crippen molar-refractivity contribution in [3.63, 3.8) is 0 Å². The maximum Gasteiger partial charge on any atom is 0.288 e. The number of benzene rings is 1. The minimum absolute atomic E-state index is 0.0503. The predicted molar refractivity (Wildman–Crippen MR) is 73.4 cm³/mol. The van der Waals surface area contributed by atoms with Crippen LogP contribution in [0.4, 0.5) is 5.69 Å². The van der Waals surface area contributed by atoms with Crippen LogP contribution in [0.3, 0.4) is 0 Å². The number of nitro groups is 1. The molecule has 0 saturated carbocycles. The molecule has 2 aromatic rings. The molecule has 0 saturated heterocycles. The van der Waals surface area contributed by atoms with Crippen molar-refractivity contribution in [1.29, 1.82) is 0 Å². The quantitative estimate of drug-likeness (QED) is 0.633. The van der Waals surface area contributed by atoms with Gasteiger partial charge >= 0.3 is 0 Å². The van der Waals surface area contributed by atoms with Crippen molar-refractivity contribution in [3.8, 4) is 0 Å². The molecule has 0 fully saturated rings. The Labute approximate surface area is 120 Å². The summed E-state index contributed by atoms with van der Waals surface area (Å²) < 4.78 is 1.68. The summed E-state index contributed by atoms with van der Waals surface area (Å²) in [5.74, 6) is 0. The molecule has 0 aliphatic heterocycles. The van der Waals surface area contributed by atoms with Gasteiger partial charge in [0.05, 0.1) is 11.5 Å². The number of hydrogen-bond donors (Lipinski definition) is 0. The molecular formula is C11H7BrClN3O3. The van der Waals surface area contributed by atoms with Crippen LogP contribution in [0.2, 0.25) is 5.15 Å². The molecule has 0 amide bonds. The van der Waals surface area contributed by atoms with Crippen molar-refractivity contribution in [1.82, 2.24) is 9.55 Å². The first kappa shape index (κ1) is 13.7. The zero-order valence-corrected chi connectivity index (χ0v) is 11.8. The number of nitro benzene ring substituents is 1. The Bertz CT molecular complexity index is 702. The lowest BCUT2D eigenvalue weighted by molar-refractivity contribution is -0.385. The molecule has 0 aliphatic carbocycles. The lowest BCUT2D eigenvalue weighted by Crippen LogP contribution is -2.21. The Kier molecular flexibility index (Phi) is 3.96. The van der Waals surface area contributed by atoms with E-state index in [0.717, 1.165) is 0 Å². The molecule has 1 aromatic carbocycles. The predicted octanol–water partition coefficient (Wildman–Crippen LogP) is 2.62. The van der Waals surface area contributed by atoms with Gasteiger partial charge in [-0.3, -0.25) is 14.9 Å². The Balaban J connectivity index is 2.45. The second-order valence-corrected chi connectivity index (χ2v) is 4.81. The number of rotatable bonds is 3. The Morgan fingerprint density at radius 1 is 1.47 bits per heavy atom. The first-order valence-corrected chi connectivity index (χ1v) is 6.30. The molecule has 0 bridgehead atoms. The highest BCUT2D eigenvalue weighted by Crippen LogP contribution is 2.28. The summed E-state index contributed by atoms with van der Waals surface area (Å²) in [6, 6.07) is 4.64. The molecule has 0 aliphatic rings. The molecule has 6 nitrogen and oxygen atoms in total. The van der Waals surface area contributed by atoms with Gasteiger partial charge < -0.3 is 4.57 Å². The van der Waals surface area contributed by atoms with Crippen LogP contribution in [0, 0.1) is 10.1 Å². The molecule has 8 heteroatoms. The van der Waals surface area contributed by atoms with Gasteiger partial charge in [-0.2, -0.15) is 0 Å². The van der Waals surface area contributed by atoms with Gasteiger partial charge in [0.25, 0.3) is 11.2 Å². The summed E-state index contributed by atoms with van der Waals surface area (Å²) in [7, 11) is 0. The molecule has 1 heterocycles. The van der Waals surface area contributed by atoms with Crippen molar-refractivity contribution in [2.24, 2.45) is 0 Å². The van der Waals surface area contributed by atoms with Crippen LogP contribution in [0.5, 0.6) is 0 Å². The average molecular weight is 345 g/mol. The number of halogens is 2.